The smallest absolute Gasteiger partial charge is 0.135 e. The molecule has 0 amide bonds. The zero-order valence-corrected chi connectivity index (χ0v) is 20.6. The van der Waals surface area contributed by atoms with Crippen LogP contribution in [-0.4, -0.2) is 25.1 Å². The molecule has 0 atom stereocenters. The Kier molecular flexibility index (Phi) is 8.44. The third kappa shape index (κ3) is 7.12. The minimum absolute atomic E-state index is 0.155. The first-order chi connectivity index (χ1) is 17.1. The van der Waals surface area contributed by atoms with Crippen molar-refractivity contribution >= 4 is 16.8 Å². The standard InChI is InChI=1S/C30H34N2O3/c1-22(2)32-30(31)24-15-16-28-25(19-24)21-29(35-28)23-11-10-14-27(20-23)34-18-9-4-3-8-17-33-26-12-6-5-7-13-26/h5-7,10-16,19-22H,3-4,8-9,17-18H2,1-2H3,(H2,31,32). The topological polar surface area (TPSA) is 70.0 Å². The van der Waals surface area contributed by atoms with E-state index in [1.54, 1.807) is 0 Å². The molecule has 1 heterocycles. The van der Waals surface area contributed by atoms with Crippen LogP contribution in [0.3, 0.4) is 0 Å². The Bertz CT molecular complexity index is 1240. The van der Waals surface area contributed by atoms with Gasteiger partial charge in [0.1, 0.15) is 28.7 Å². The summed E-state index contributed by atoms with van der Waals surface area (Å²) in [5.74, 6) is 3.14. The lowest BCUT2D eigenvalue weighted by Gasteiger charge is -2.08. The van der Waals surface area contributed by atoms with Crippen LogP contribution >= 0.6 is 0 Å². The summed E-state index contributed by atoms with van der Waals surface area (Å²) >= 11 is 0. The van der Waals surface area contributed by atoms with Crippen LogP contribution in [0.4, 0.5) is 0 Å². The van der Waals surface area contributed by atoms with E-state index in [9.17, 15) is 0 Å². The Labute approximate surface area is 207 Å². The molecule has 0 aliphatic rings. The molecule has 1 aromatic heterocycles. The Morgan fingerprint density at radius 1 is 0.800 bits per heavy atom. The van der Waals surface area contributed by atoms with Crippen molar-refractivity contribution in [2.75, 3.05) is 13.2 Å². The summed E-state index contributed by atoms with van der Waals surface area (Å²) in [4.78, 5) is 4.44. The molecule has 0 spiro atoms. The first-order valence-corrected chi connectivity index (χ1v) is 12.4. The first kappa shape index (κ1) is 24.4. The molecule has 0 bridgehead atoms. The van der Waals surface area contributed by atoms with Gasteiger partial charge in [-0.2, -0.15) is 0 Å². The second kappa shape index (κ2) is 12.1. The molecule has 4 rings (SSSR count). The van der Waals surface area contributed by atoms with E-state index in [-0.39, 0.29) is 6.04 Å². The van der Waals surface area contributed by atoms with E-state index in [1.807, 2.05) is 92.7 Å². The van der Waals surface area contributed by atoms with Gasteiger partial charge >= 0.3 is 0 Å². The summed E-state index contributed by atoms with van der Waals surface area (Å²) in [6.07, 6.45) is 4.31. The van der Waals surface area contributed by atoms with Crippen molar-refractivity contribution in [1.82, 2.24) is 0 Å². The molecular formula is C30H34N2O3. The molecule has 0 radical (unpaired) electrons. The summed E-state index contributed by atoms with van der Waals surface area (Å²) in [5, 5.41) is 1.00. The van der Waals surface area contributed by atoms with Gasteiger partial charge in [-0.1, -0.05) is 30.3 Å². The van der Waals surface area contributed by atoms with Gasteiger partial charge in [0.05, 0.1) is 13.2 Å². The number of rotatable bonds is 12. The fourth-order valence-corrected chi connectivity index (χ4v) is 3.89. The van der Waals surface area contributed by atoms with Gasteiger partial charge in [0.25, 0.3) is 0 Å². The van der Waals surface area contributed by atoms with E-state index >= 15 is 0 Å². The number of hydrogen-bond acceptors (Lipinski definition) is 4. The van der Waals surface area contributed by atoms with Crippen molar-refractivity contribution in [3.63, 3.8) is 0 Å². The van der Waals surface area contributed by atoms with Crippen LogP contribution in [0.2, 0.25) is 0 Å². The predicted octanol–water partition coefficient (Wildman–Crippen LogP) is 7.23. The Hall–Kier alpha value is -3.73. The van der Waals surface area contributed by atoms with Crippen LogP contribution in [0.25, 0.3) is 22.3 Å². The summed E-state index contributed by atoms with van der Waals surface area (Å²) in [5.41, 5.74) is 8.85. The number of nitrogens with zero attached hydrogens (tertiary/aromatic N) is 1. The summed E-state index contributed by atoms with van der Waals surface area (Å²) in [6, 6.07) is 26.1. The van der Waals surface area contributed by atoms with E-state index in [2.05, 4.69) is 4.99 Å². The molecule has 4 aromatic rings. The lowest BCUT2D eigenvalue weighted by atomic mass is 10.1. The number of fused-ring (bicyclic) bond motifs is 1. The molecular weight excluding hydrogens is 436 g/mol. The molecule has 0 saturated heterocycles. The highest BCUT2D eigenvalue weighted by Crippen LogP contribution is 2.30. The largest absolute Gasteiger partial charge is 0.494 e. The van der Waals surface area contributed by atoms with Crippen LogP contribution in [0, 0.1) is 0 Å². The van der Waals surface area contributed by atoms with E-state index in [0.717, 1.165) is 71.6 Å². The Morgan fingerprint density at radius 3 is 2.26 bits per heavy atom. The number of unbranched alkanes of at least 4 members (excludes halogenated alkanes) is 3. The van der Waals surface area contributed by atoms with E-state index in [4.69, 9.17) is 19.6 Å². The van der Waals surface area contributed by atoms with Crippen molar-refractivity contribution in [2.45, 2.75) is 45.6 Å². The van der Waals surface area contributed by atoms with Crippen molar-refractivity contribution in [3.05, 3.63) is 84.4 Å². The van der Waals surface area contributed by atoms with Crippen LogP contribution in [0.5, 0.6) is 11.5 Å². The number of furan rings is 1. The van der Waals surface area contributed by atoms with Crippen LogP contribution in [0.1, 0.15) is 45.1 Å². The molecule has 0 fully saturated rings. The fourth-order valence-electron chi connectivity index (χ4n) is 3.89. The number of ether oxygens (including phenoxy) is 2. The molecule has 0 aliphatic heterocycles. The second-order valence-corrected chi connectivity index (χ2v) is 8.92. The Morgan fingerprint density at radius 2 is 1.51 bits per heavy atom. The maximum absolute atomic E-state index is 6.14. The molecule has 5 heteroatoms. The highest BCUT2D eigenvalue weighted by molar-refractivity contribution is 6.01. The summed E-state index contributed by atoms with van der Waals surface area (Å²) in [7, 11) is 0. The molecule has 3 aromatic carbocycles. The number of benzene rings is 3. The maximum atomic E-state index is 6.14. The number of para-hydroxylation sites is 1. The molecule has 0 aliphatic carbocycles. The number of hydrogen-bond donors (Lipinski definition) is 1. The number of nitrogens with two attached hydrogens (primary N) is 1. The first-order valence-electron chi connectivity index (χ1n) is 12.4. The molecule has 182 valence electrons. The molecule has 0 unspecified atom stereocenters. The highest BCUT2D eigenvalue weighted by atomic mass is 16.5. The quantitative estimate of drug-likeness (QED) is 0.135. The van der Waals surface area contributed by atoms with Gasteiger partial charge in [0.15, 0.2) is 0 Å². The average Bonchev–Trinajstić information content (AvgIpc) is 3.30. The van der Waals surface area contributed by atoms with E-state index < -0.39 is 0 Å². The van der Waals surface area contributed by atoms with Gasteiger partial charge in [-0.3, -0.25) is 4.99 Å². The van der Waals surface area contributed by atoms with Gasteiger partial charge < -0.3 is 19.6 Å². The third-order valence-corrected chi connectivity index (χ3v) is 5.65. The van der Waals surface area contributed by atoms with Crippen molar-refractivity contribution < 1.29 is 13.9 Å². The van der Waals surface area contributed by atoms with E-state index in [0.29, 0.717) is 12.4 Å². The predicted molar refractivity (Wildman–Crippen MR) is 143 cm³/mol. The van der Waals surface area contributed by atoms with Gasteiger partial charge in [0, 0.05) is 22.6 Å². The van der Waals surface area contributed by atoms with Crippen LogP contribution in [-0.2, 0) is 0 Å². The van der Waals surface area contributed by atoms with Crippen molar-refractivity contribution in [1.29, 1.82) is 0 Å². The van der Waals surface area contributed by atoms with Gasteiger partial charge in [-0.15, -0.1) is 0 Å². The minimum Gasteiger partial charge on any atom is -0.494 e. The van der Waals surface area contributed by atoms with Crippen LogP contribution in [0.15, 0.2) is 88.3 Å². The van der Waals surface area contributed by atoms with Crippen molar-refractivity contribution in [2.24, 2.45) is 10.7 Å². The van der Waals surface area contributed by atoms with Gasteiger partial charge in [0.2, 0.25) is 0 Å². The number of amidine groups is 1. The maximum Gasteiger partial charge on any atom is 0.135 e. The lowest BCUT2D eigenvalue weighted by Crippen LogP contribution is -2.15. The van der Waals surface area contributed by atoms with Crippen molar-refractivity contribution in [3.8, 4) is 22.8 Å². The zero-order chi connectivity index (χ0) is 24.5. The molecule has 35 heavy (non-hydrogen) atoms. The second-order valence-electron chi connectivity index (χ2n) is 8.92. The normalized spacial score (nSPS) is 11.8. The lowest BCUT2D eigenvalue weighted by molar-refractivity contribution is 0.287. The minimum atomic E-state index is 0.155. The van der Waals surface area contributed by atoms with E-state index in [1.165, 1.54) is 0 Å². The van der Waals surface area contributed by atoms with Gasteiger partial charge in [-0.05, 0) is 88.1 Å². The monoisotopic (exact) mass is 470 g/mol. The summed E-state index contributed by atoms with van der Waals surface area (Å²) in [6.45, 7) is 5.47. The molecule has 2 N–H and O–H groups in total. The zero-order valence-electron chi connectivity index (χ0n) is 20.6. The molecule has 0 saturated carbocycles. The number of aliphatic imine (C=N–C) groups is 1. The average molecular weight is 471 g/mol. The van der Waals surface area contributed by atoms with Gasteiger partial charge in [-0.25, -0.2) is 0 Å². The summed E-state index contributed by atoms with van der Waals surface area (Å²) < 4.78 is 17.8. The third-order valence-electron chi connectivity index (χ3n) is 5.65. The SMILES string of the molecule is CC(C)N=C(N)c1ccc2oc(-c3cccc(OCCCCCCOc4ccccc4)c3)cc2c1. The Balaban J connectivity index is 1.26. The highest BCUT2D eigenvalue weighted by Gasteiger charge is 2.10. The fraction of sp³-hybridized carbons (Fsp3) is 0.300. The van der Waals surface area contributed by atoms with Crippen LogP contribution < -0.4 is 15.2 Å². The molecule has 5 nitrogen and oxygen atoms in total.